The number of nitrogens with zero attached hydrogens (tertiary/aromatic N) is 2. The molecule has 2 aliphatic rings. The molecule has 1 aromatic heterocycles. The summed E-state index contributed by atoms with van der Waals surface area (Å²) in [7, 11) is 0. The molecule has 1 fully saturated rings. The van der Waals surface area contributed by atoms with Gasteiger partial charge in [0.2, 0.25) is 11.8 Å². The smallest absolute Gasteiger partial charge is 0.246 e. The molecule has 2 amide bonds. The Balaban J connectivity index is 1.61. The molecule has 5 rings (SSSR count). The fraction of sp³-hybridized carbons (Fsp3) is 0.360. The van der Waals surface area contributed by atoms with Crippen LogP contribution in [0.15, 0.2) is 54.6 Å². The first-order valence-corrected chi connectivity index (χ1v) is 10.9. The Labute approximate surface area is 176 Å². The molecule has 3 aromatic rings. The number of fused-ring (bicyclic) bond motifs is 4. The van der Waals surface area contributed by atoms with Crippen LogP contribution in [0.4, 0.5) is 0 Å². The van der Waals surface area contributed by atoms with E-state index >= 15 is 0 Å². The van der Waals surface area contributed by atoms with Crippen LogP contribution in [0, 0.1) is 0 Å². The Kier molecular flexibility index (Phi) is 4.81. The van der Waals surface area contributed by atoms with Gasteiger partial charge in [0.25, 0.3) is 0 Å². The van der Waals surface area contributed by atoms with Gasteiger partial charge in [0, 0.05) is 29.6 Å². The third-order valence-corrected chi connectivity index (χ3v) is 6.49. The minimum atomic E-state index is -0.440. The molecule has 0 spiro atoms. The number of hydrogen-bond acceptors (Lipinski definition) is 2. The van der Waals surface area contributed by atoms with Gasteiger partial charge in [-0.1, -0.05) is 68.3 Å². The molecule has 30 heavy (non-hydrogen) atoms. The molecule has 2 aromatic carbocycles. The van der Waals surface area contributed by atoms with E-state index in [1.165, 1.54) is 0 Å². The van der Waals surface area contributed by atoms with E-state index in [1.807, 2.05) is 47.4 Å². The average molecular weight is 402 g/mol. The van der Waals surface area contributed by atoms with Crippen molar-refractivity contribution in [2.75, 3.05) is 13.1 Å². The number of amides is 2. The van der Waals surface area contributed by atoms with Crippen molar-refractivity contribution in [3.63, 3.8) is 0 Å². The molecule has 1 saturated heterocycles. The number of piperazine rings is 1. The molecule has 5 heteroatoms. The van der Waals surface area contributed by atoms with Crippen LogP contribution < -0.4 is 0 Å². The van der Waals surface area contributed by atoms with Gasteiger partial charge in [-0.2, -0.15) is 0 Å². The number of H-pyrrole nitrogens is 1. The highest BCUT2D eigenvalue weighted by Gasteiger charge is 2.47. The van der Waals surface area contributed by atoms with E-state index in [1.54, 1.807) is 4.90 Å². The topological polar surface area (TPSA) is 56.4 Å². The number of benzene rings is 2. The third kappa shape index (κ3) is 3.00. The molecule has 0 saturated carbocycles. The van der Waals surface area contributed by atoms with Crippen LogP contribution in [0.3, 0.4) is 0 Å². The summed E-state index contributed by atoms with van der Waals surface area (Å²) in [6.07, 6.45) is 3.69. The van der Waals surface area contributed by atoms with E-state index in [-0.39, 0.29) is 24.4 Å². The highest BCUT2D eigenvalue weighted by molar-refractivity contribution is 5.97. The molecule has 2 aliphatic heterocycles. The van der Waals surface area contributed by atoms with Gasteiger partial charge in [0.15, 0.2) is 0 Å². The van der Waals surface area contributed by atoms with Crippen molar-refractivity contribution in [1.29, 1.82) is 0 Å². The number of para-hydroxylation sites is 1. The number of hydrogen-bond donors (Lipinski definition) is 1. The standard InChI is InChI=1S/C25H27N3O2/c1-2-3-9-14-27-16-22(29)28-21(25(27)30)15-19-18-12-7-8-13-20(18)26-23(19)24(28)17-10-5-4-6-11-17/h4-8,10-13,21,24,26H,2-3,9,14-16H2,1H3/t21-,24?/m1/s1. The Morgan fingerprint density at radius 2 is 1.77 bits per heavy atom. The normalized spacial score (nSPS) is 21.1. The predicted octanol–water partition coefficient (Wildman–Crippen LogP) is 4.04. The first-order chi connectivity index (χ1) is 14.7. The minimum Gasteiger partial charge on any atom is -0.356 e. The van der Waals surface area contributed by atoms with Crippen molar-refractivity contribution in [2.45, 2.75) is 44.7 Å². The number of aromatic nitrogens is 1. The molecule has 5 nitrogen and oxygen atoms in total. The maximum Gasteiger partial charge on any atom is 0.246 e. The Morgan fingerprint density at radius 1 is 1.00 bits per heavy atom. The predicted molar refractivity (Wildman–Crippen MR) is 117 cm³/mol. The maximum atomic E-state index is 13.5. The first kappa shape index (κ1) is 18.9. The van der Waals surface area contributed by atoms with E-state index in [0.717, 1.165) is 47.0 Å². The largest absolute Gasteiger partial charge is 0.356 e. The van der Waals surface area contributed by atoms with Crippen molar-refractivity contribution in [3.8, 4) is 0 Å². The van der Waals surface area contributed by atoms with Crippen LogP contribution in [0.25, 0.3) is 10.9 Å². The third-order valence-electron chi connectivity index (χ3n) is 6.49. The summed E-state index contributed by atoms with van der Waals surface area (Å²) in [4.78, 5) is 34.0. The second-order valence-electron chi connectivity index (χ2n) is 8.36. The summed E-state index contributed by atoms with van der Waals surface area (Å²) in [6.45, 7) is 2.99. The lowest BCUT2D eigenvalue weighted by molar-refractivity contribution is -0.158. The lowest BCUT2D eigenvalue weighted by Crippen LogP contribution is -2.63. The number of aromatic amines is 1. The zero-order valence-electron chi connectivity index (χ0n) is 17.3. The van der Waals surface area contributed by atoms with Gasteiger partial charge in [0.1, 0.15) is 6.04 Å². The highest BCUT2D eigenvalue weighted by atomic mass is 16.2. The fourth-order valence-electron chi connectivity index (χ4n) is 5.05. The summed E-state index contributed by atoms with van der Waals surface area (Å²) < 4.78 is 0. The van der Waals surface area contributed by atoms with Crippen LogP contribution in [0.1, 0.15) is 49.0 Å². The molecule has 154 valence electrons. The second kappa shape index (κ2) is 7.63. The van der Waals surface area contributed by atoms with Crippen LogP contribution in [-0.4, -0.2) is 45.7 Å². The second-order valence-corrected chi connectivity index (χ2v) is 8.36. The van der Waals surface area contributed by atoms with Gasteiger partial charge in [-0.05, 0) is 23.6 Å². The first-order valence-electron chi connectivity index (χ1n) is 10.9. The van der Waals surface area contributed by atoms with Crippen molar-refractivity contribution in [3.05, 3.63) is 71.4 Å². The SMILES string of the molecule is CCCCCN1CC(=O)N2C(c3ccccc3)c3[nH]c4ccccc4c3C[C@@H]2C1=O. The van der Waals surface area contributed by atoms with Gasteiger partial charge in [-0.3, -0.25) is 9.59 Å². The fourth-order valence-corrected chi connectivity index (χ4v) is 5.05. The minimum absolute atomic E-state index is 0.0363. The van der Waals surface area contributed by atoms with Gasteiger partial charge in [0.05, 0.1) is 12.6 Å². The van der Waals surface area contributed by atoms with E-state index in [9.17, 15) is 9.59 Å². The number of carbonyl (C=O) groups excluding carboxylic acids is 2. The molecular weight excluding hydrogens is 374 g/mol. The van der Waals surface area contributed by atoms with Crippen molar-refractivity contribution < 1.29 is 9.59 Å². The highest BCUT2D eigenvalue weighted by Crippen LogP contribution is 2.42. The molecule has 0 aliphatic carbocycles. The van der Waals surface area contributed by atoms with Gasteiger partial charge >= 0.3 is 0 Å². The zero-order chi connectivity index (χ0) is 20.7. The van der Waals surface area contributed by atoms with E-state index in [0.29, 0.717) is 13.0 Å². The molecular formula is C25H27N3O2. The molecule has 1 unspecified atom stereocenters. The Morgan fingerprint density at radius 3 is 2.57 bits per heavy atom. The zero-order valence-corrected chi connectivity index (χ0v) is 17.3. The number of unbranched alkanes of at least 4 members (excludes halogenated alkanes) is 2. The molecule has 3 heterocycles. The quantitative estimate of drug-likeness (QED) is 0.656. The summed E-state index contributed by atoms with van der Waals surface area (Å²) in [5.74, 6) is 0.122. The van der Waals surface area contributed by atoms with Crippen LogP contribution in [0.2, 0.25) is 0 Å². The molecule has 0 bridgehead atoms. The lowest BCUT2D eigenvalue weighted by Gasteiger charge is -2.47. The monoisotopic (exact) mass is 401 g/mol. The van der Waals surface area contributed by atoms with Crippen molar-refractivity contribution in [1.82, 2.24) is 14.8 Å². The van der Waals surface area contributed by atoms with Gasteiger partial charge in [-0.15, -0.1) is 0 Å². The number of rotatable bonds is 5. The van der Waals surface area contributed by atoms with E-state index in [4.69, 9.17) is 0 Å². The summed E-state index contributed by atoms with van der Waals surface area (Å²) in [5.41, 5.74) is 4.30. The summed E-state index contributed by atoms with van der Waals surface area (Å²) in [5, 5.41) is 1.15. The van der Waals surface area contributed by atoms with Gasteiger partial charge in [-0.25, -0.2) is 0 Å². The van der Waals surface area contributed by atoms with Gasteiger partial charge < -0.3 is 14.8 Å². The lowest BCUT2D eigenvalue weighted by atomic mass is 9.86. The van der Waals surface area contributed by atoms with Crippen LogP contribution >= 0.6 is 0 Å². The number of nitrogens with one attached hydrogen (secondary N) is 1. The molecule has 0 radical (unpaired) electrons. The Bertz CT molecular complexity index is 1090. The Hall–Kier alpha value is -3.08. The van der Waals surface area contributed by atoms with E-state index in [2.05, 4.69) is 24.0 Å². The van der Waals surface area contributed by atoms with Crippen molar-refractivity contribution in [2.24, 2.45) is 0 Å². The molecule has 2 atom stereocenters. The molecule has 1 N–H and O–H groups in total. The summed E-state index contributed by atoms with van der Waals surface area (Å²) >= 11 is 0. The maximum absolute atomic E-state index is 13.5. The van der Waals surface area contributed by atoms with Crippen LogP contribution in [0.5, 0.6) is 0 Å². The number of carbonyl (C=O) groups is 2. The van der Waals surface area contributed by atoms with Crippen LogP contribution in [-0.2, 0) is 16.0 Å². The average Bonchev–Trinajstić information content (AvgIpc) is 3.15. The van der Waals surface area contributed by atoms with E-state index < -0.39 is 6.04 Å². The van der Waals surface area contributed by atoms with Crippen molar-refractivity contribution >= 4 is 22.7 Å². The summed E-state index contributed by atoms with van der Waals surface area (Å²) in [6, 6.07) is 17.6.